The SMILES string of the molecule is CC(C)[C@H](NC(=O)[C@@H]1CSSC(C)(C)C(NC(=O)[C@@H](N)CC(=O)O)C(=O)N[C@@H](Cc2ccccc2)C(=O)NC(Cc2c[nH]c3ccccc23)C(=O)NC(CCCN)C(=O)N[C@@H](Cc2ccc(O)cc2)C(=O)N1)C(=O)O. The van der Waals surface area contributed by atoms with E-state index in [2.05, 4.69) is 42.2 Å². The van der Waals surface area contributed by atoms with Gasteiger partial charge in [0.2, 0.25) is 41.4 Å². The van der Waals surface area contributed by atoms with Crippen molar-refractivity contribution in [3.63, 3.8) is 0 Å². The summed E-state index contributed by atoms with van der Waals surface area (Å²) in [6.07, 6.45) is 0.590. The molecule has 3 unspecified atom stereocenters. The number of aromatic hydroxyl groups is 1. The van der Waals surface area contributed by atoms with Gasteiger partial charge in [0.15, 0.2) is 0 Å². The maximum Gasteiger partial charge on any atom is 0.326 e. The Bertz CT molecular complexity index is 2670. The van der Waals surface area contributed by atoms with Crippen LogP contribution in [0.3, 0.4) is 0 Å². The summed E-state index contributed by atoms with van der Waals surface area (Å²) in [5.74, 6) is -9.99. The van der Waals surface area contributed by atoms with Crippen molar-refractivity contribution in [3.05, 3.63) is 102 Å². The van der Waals surface area contributed by atoms with Crippen LogP contribution in [0.4, 0.5) is 0 Å². The van der Waals surface area contributed by atoms with Gasteiger partial charge in [0.25, 0.3) is 0 Å². The normalized spacial score (nSPS) is 22.0. The highest BCUT2D eigenvalue weighted by Crippen LogP contribution is 2.39. The second-order valence-electron chi connectivity index (χ2n) is 19.0. The Hall–Kier alpha value is -7.15. The number of hydrogen-bond donors (Lipinski definition) is 13. The number of phenolic OH excluding ortho intramolecular Hbond substituents is 1. The number of aromatic amines is 1. The van der Waals surface area contributed by atoms with Crippen LogP contribution in [0.15, 0.2) is 85.1 Å². The molecule has 0 bridgehead atoms. The van der Waals surface area contributed by atoms with Gasteiger partial charge in [-0.25, -0.2) is 4.79 Å². The molecule has 1 aliphatic heterocycles. The lowest BCUT2D eigenvalue weighted by molar-refractivity contribution is -0.143. The van der Waals surface area contributed by atoms with Crippen LogP contribution in [0.1, 0.15) is 63.6 Å². The molecule has 5 rings (SSSR count). The summed E-state index contributed by atoms with van der Waals surface area (Å²) in [6, 6.07) is 9.85. The molecule has 15 N–H and O–H groups in total. The van der Waals surface area contributed by atoms with Crippen molar-refractivity contribution in [1.82, 2.24) is 42.2 Å². The fourth-order valence-electron chi connectivity index (χ4n) is 8.14. The summed E-state index contributed by atoms with van der Waals surface area (Å²) < 4.78 is -1.42. The average Bonchev–Trinajstić information content (AvgIpc) is 3.77. The Labute approximate surface area is 441 Å². The Balaban J connectivity index is 1.66. The predicted molar refractivity (Wildman–Crippen MR) is 283 cm³/mol. The molecule has 0 saturated carbocycles. The van der Waals surface area contributed by atoms with Crippen LogP contribution in [0, 0.1) is 5.92 Å². The first-order chi connectivity index (χ1) is 35.6. The first-order valence-corrected chi connectivity index (χ1v) is 26.6. The number of hydrogen-bond acceptors (Lipinski definition) is 14. The minimum Gasteiger partial charge on any atom is -0.508 e. The van der Waals surface area contributed by atoms with E-state index in [1.54, 1.807) is 70.3 Å². The summed E-state index contributed by atoms with van der Waals surface area (Å²) in [7, 11) is 1.91. The molecule has 0 spiro atoms. The van der Waals surface area contributed by atoms with Gasteiger partial charge in [-0.15, -0.1) is 0 Å². The largest absolute Gasteiger partial charge is 0.508 e. The molecule has 75 heavy (non-hydrogen) atoms. The first kappa shape index (κ1) is 58.7. The average molecular weight is 1080 g/mol. The van der Waals surface area contributed by atoms with E-state index in [0.717, 1.165) is 32.5 Å². The molecule has 8 atom stereocenters. The molecule has 404 valence electrons. The Morgan fingerprint density at radius 1 is 0.733 bits per heavy atom. The second kappa shape index (κ2) is 27.4. The number of para-hydroxylation sites is 1. The molecule has 1 saturated heterocycles. The molecule has 0 aliphatic carbocycles. The molecular formula is C51H66N10O12S2. The van der Waals surface area contributed by atoms with Crippen LogP contribution in [-0.4, -0.2) is 139 Å². The number of rotatable bonds is 17. The molecule has 1 aromatic heterocycles. The van der Waals surface area contributed by atoms with Crippen LogP contribution >= 0.6 is 21.6 Å². The van der Waals surface area contributed by atoms with Gasteiger partial charge in [0, 0.05) is 46.9 Å². The van der Waals surface area contributed by atoms with E-state index < -0.39 is 119 Å². The molecule has 4 aromatic rings. The zero-order valence-electron chi connectivity index (χ0n) is 41.9. The van der Waals surface area contributed by atoms with Crippen molar-refractivity contribution in [1.29, 1.82) is 0 Å². The fourth-order valence-corrected chi connectivity index (χ4v) is 11.0. The van der Waals surface area contributed by atoms with Crippen molar-refractivity contribution in [2.24, 2.45) is 17.4 Å². The number of carboxylic acid groups (broad SMARTS) is 2. The second-order valence-corrected chi connectivity index (χ2v) is 22.0. The number of phenols is 1. The van der Waals surface area contributed by atoms with Gasteiger partial charge in [-0.1, -0.05) is 96.1 Å². The van der Waals surface area contributed by atoms with Crippen LogP contribution in [0.5, 0.6) is 5.75 Å². The van der Waals surface area contributed by atoms with Crippen molar-refractivity contribution < 1.29 is 58.5 Å². The minimum absolute atomic E-state index is 0.0360. The Kier molecular flexibility index (Phi) is 21.5. The van der Waals surface area contributed by atoms with Gasteiger partial charge in [0.05, 0.1) is 12.5 Å². The number of aromatic nitrogens is 1. The summed E-state index contributed by atoms with van der Waals surface area (Å²) >= 11 is 0. The van der Waals surface area contributed by atoms with Crippen LogP contribution in [0.2, 0.25) is 0 Å². The quantitative estimate of drug-likeness (QED) is 0.0649. The molecule has 1 aliphatic rings. The van der Waals surface area contributed by atoms with Gasteiger partial charge < -0.3 is 69.0 Å². The molecular weight excluding hydrogens is 1010 g/mol. The van der Waals surface area contributed by atoms with E-state index in [1.807, 2.05) is 18.2 Å². The summed E-state index contributed by atoms with van der Waals surface area (Å²) in [5.41, 5.74) is 14.3. The number of carboxylic acids is 2. The molecule has 1 fully saturated rings. The zero-order chi connectivity index (χ0) is 55.0. The highest BCUT2D eigenvalue weighted by atomic mass is 33.1. The van der Waals surface area contributed by atoms with E-state index >= 15 is 0 Å². The number of amides is 7. The zero-order valence-corrected chi connectivity index (χ0v) is 43.6. The number of benzene rings is 3. The van der Waals surface area contributed by atoms with Crippen LogP contribution in [-0.2, 0) is 62.4 Å². The number of nitrogens with two attached hydrogens (primary N) is 2. The number of carbonyl (C=O) groups excluding carboxylic acids is 7. The highest BCUT2D eigenvalue weighted by molar-refractivity contribution is 8.77. The lowest BCUT2D eigenvalue weighted by Crippen LogP contribution is -2.63. The van der Waals surface area contributed by atoms with E-state index in [9.17, 15) is 58.5 Å². The fraction of sp³-hybridized carbons (Fsp3) is 0.431. The lowest BCUT2D eigenvalue weighted by atomic mass is 9.98. The van der Waals surface area contributed by atoms with Crippen LogP contribution < -0.4 is 48.7 Å². The number of nitrogens with one attached hydrogen (secondary N) is 8. The number of H-pyrrole nitrogens is 1. The molecule has 0 radical (unpaired) electrons. The van der Waals surface area contributed by atoms with Gasteiger partial charge in [-0.2, -0.15) is 0 Å². The number of fused-ring (bicyclic) bond motifs is 1. The number of aliphatic carboxylic acids is 2. The minimum atomic E-state index is -1.62. The van der Waals surface area contributed by atoms with E-state index in [0.29, 0.717) is 16.7 Å². The molecule has 2 heterocycles. The lowest BCUT2D eigenvalue weighted by Gasteiger charge is -2.35. The van der Waals surface area contributed by atoms with Crippen molar-refractivity contribution in [2.75, 3.05) is 12.3 Å². The highest BCUT2D eigenvalue weighted by Gasteiger charge is 2.42. The van der Waals surface area contributed by atoms with Crippen molar-refractivity contribution in [2.45, 2.75) is 119 Å². The molecule has 24 heteroatoms. The van der Waals surface area contributed by atoms with Crippen molar-refractivity contribution in [3.8, 4) is 5.75 Å². The van der Waals surface area contributed by atoms with E-state index in [-0.39, 0.29) is 50.2 Å². The number of carbonyl (C=O) groups is 9. The predicted octanol–water partition coefficient (Wildman–Crippen LogP) is 0.750. The molecule has 7 amide bonds. The van der Waals surface area contributed by atoms with Gasteiger partial charge in [-0.05, 0) is 74.0 Å². The maximum atomic E-state index is 14.8. The van der Waals surface area contributed by atoms with Crippen LogP contribution in [0.25, 0.3) is 10.9 Å². The maximum absolute atomic E-state index is 14.8. The van der Waals surface area contributed by atoms with Gasteiger partial charge >= 0.3 is 11.9 Å². The summed E-state index contributed by atoms with van der Waals surface area (Å²) in [6.45, 7) is 6.34. The molecule has 3 aromatic carbocycles. The topological polar surface area (TPSA) is 366 Å². The van der Waals surface area contributed by atoms with Gasteiger partial charge in [0.1, 0.15) is 48.0 Å². The monoisotopic (exact) mass is 1070 g/mol. The van der Waals surface area contributed by atoms with Gasteiger partial charge in [-0.3, -0.25) is 38.4 Å². The third kappa shape index (κ3) is 17.2. The first-order valence-electron chi connectivity index (χ1n) is 24.3. The molecule has 22 nitrogen and oxygen atoms in total. The summed E-state index contributed by atoms with van der Waals surface area (Å²) in [4.78, 5) is 128. The Morgan fingerprint density at radius 2 is 1.28 bits per heavy atom. The van der Waals surface area contributed by atoms with E-state index in [4.69, 9.17) is 11.5 Å². The summed E-state index contributed by atoms with van der Waals surface area (Å²) in [5, 5.41) is 49.0. The van der Waals surface area contributed by atoms with Crippen molar-refractivity contribution >= 4 is 85.8 Å². The third-order valence-corrected chi connectivity index (χ3v) is 15.6. The Morgan fingerprint density at radius 3 is 1.88 bits per heavy atom. The van der Waals surface area contributed by atoms with E-state index in [1.165, 1.54) is 24.3 Å². The smallest absolute Gasteiger partial charge is 0.326 e. The third-order valence-electron chi connectivity index (χ3n) is 12.3. The standard InChI is InChI=1S/C51H66N10O12S2/c1-27(2)41(50(72)73)60-48(70)39-26-74-75-51(3,4)42(61-43(65)33(53)24-40(63)64)49(71)58-37(21-28-11-6-5-7-12-28)45(67)57-38(23-30-25-54-34-14-9-8-13-32(30)34)47(69)55-35(15-10-20-52)44(66)56-36(46(68)59-39)22-29-16-18-31(62)19-17-29/h5-9,11-14,16-19,25,27,33,35-39,41-42,54,62H,10,15,20-24,26,52-53H2,1-4H3,(H,55,69)(H,56,66)(H,57,67)(H,58,71)(H,59,68)(H,60,70)(H,61,65)(H,63,64)(H,72,73)/t33-,35?,36-,37-,38?,39-,41-,42?/m0/s1.